The fraction of sp³-hybridized carbons (Fsp3) is 0.333. The minimum absolute atomic E-state index is 0. The van der Waals surface area contributed by atoms with Gasteiger partial charge in [0.2, 0.25) is 0 Å². The topological polar surface area (TPSA) is 118 Å². The molecule has 2 heterocycles. The van der Waals surface area contributed by atoms with E-state index in [9.17, 15) is 13.2 Å². The SMILES string of the molecule is Cl.O=C(O)c1cccc(S(=O)(=O)NC[C@@H]2CNCCO[C@H]2c2ccc(Cl)c(Cl)c2)n1. The Kier molecular flexibility index (Phi) is 8.86. The fourth-order valence-corrected chi connectivity index (χ4v) is 4.36. The maximum absolute atomic E-state index is 12.6. The molecule has 0 radical (unpaired) electrons. The molecule has 1 aliphatic heterocycles. The van der Waals surface area contributed by atoms with E-state index >= 15 is 0 Å². The van der Waals surface area contributed by atoms with E-state index in [2.05, 4.69) is 15.0 Å². The molecule has 2 atom stereocenters. The Bertz CT molecular complexity index is 1010. The molecule has 0 amide bonds. The fourth-order valence-electron chi connectivity index (χ4n) is 3.00. The van der Waals surface area contributed by atoms with Crippen LogP contribution in [0.1, 0.15) is 22.2 Å². The van der Waals surface area contributed by atoms with Gasteiger partial charge in [-0.1, -0.05) is 35.3 Å². The number of carbonyl (C=O) groups is 1. The molecule has 2 aromatic rings. The van der Waals surface area contributed by atoms with Gasteiger partial charge in [0.05, 0.1) is 22.8 Å². The molecule has 1 aromatic heterocycles. The molecule has 0 bridgehead atoms. The summed E-state index contributed by atoms with van der Waals surface area (Å²) in [6, 6.07) is 8.98. The lowest BCUT2D eigenvalue weighted by molar-refractivity contribution is 0.0322. The third-order valence-electron chi connectivity index (χ3n) is 4.44. The molecule has 0 aliphatic carbocycles. The van der Waals surface area contributed by atoms with Crippen LogP contribution in [0.15, 0.2) is 41.4 Å². The maximum Gasteiger partial charge on any atom is 0.354 e. The minimum Gasteiger partial charge on any atom is -0.477 e. The first-order chi connectivity index (χ1) is 13.8. The van der Waals surface area contributed by atoms with Crippen molar-refractivity contribution < 1.29 is 23.1 Å². The summed E-state index contributed by atoms with van der Waals surface area (Å²) in [5, 5.41) is 12.7. The van der Waals surface area contributed by atoms with Crippen molar-refractivity contribution in [3.05, 3.63) is 57.7 Å². The van der Waals surface area contributed by atoms with Gasteiger partial charge in [-0.25, -0.2) is 22.9 Å². The van der Waals surface area contributed by atoms with E-state index in [0.717, 1.165) is 5.56 Å². The van der Waals surface area contributed by atoms with Gasteiger partial charge in [0.1, 0.15) is 5.69 Å². The van der Waals surface area contributed by atoms with Gasteiger partial charge in [0.15, 0.2) is 5.03 Å². The molecule has 0 saturated carbocycles. The lowest BCUT2D eigenvalue weighted by Gasteiger charge is -2.25. The molecule has 0 unspecified atom stereocenters. The van der Waals surface area contributed by atoms with Crippen LogP contribution in [0, 0.1) is 5.92 Å². The first-order valence-electron chi connectivity index (χ1n) is 8.75. The van der Waals surface area contributed by atoms with Crippen LogP contribution in [-0.2, 0) is 14.8 Å². The van der Waals surface area contributed by atoms with E-state index in [-0.39, 0.29) is 35.6 Å². The Balaban J connectivity index is 0.00000320. The van der Waals surface area contributed by atoms with Crippen molar-refractivity contribution in [3.8, 4) is 0 Å². The van der Waals surface area contributed by atoms with Crippen molar-refractivity contribution in [2.45, 2.75) is 11.1 Å². The number of carboxylic acid groups (broad SMARTS) is 1. The number of nitrogens with one attached hydrogen (secondary N) is 2. The summed E-state index contributed by atoms with van der Waals surface area (Å²) in [4.78, 5) is 14.7. The van der Waals surface area contributed by atoms with E-state index < -0.39 is 22.1 Å². The van der Waals surface area contributed by atoms with Crippen LogP contribution in [0.25, 0.3) is 0 Å². The molecular weight excluding hydrogens is 477 g/mol. The van der Waals surface area contributed by atoms with Crippen LogP contribution in [0.2, 0.25) is 10.0 Å². The zero-order chi connectivity index (χ0) is 21.0. The highest BCUT2D eigenvalue weighted by Gasteiger charge is 2.29. The summed E-state index contributed by atoms with van der Waals surface area (Å²) in [6.07, 6.45) is -0.402. The average molecular weight is 497 g/mol. The second-order valence-electron chi connectivity index (χ2n) is 6.45. The summed E-state index contributed by atoms with van der Waals surface area (Å²) in [5.74, 6) is -1.55. The molecule has 3 N–H and O–H groups in total. The van der Waals surface area contributed by atoms with E-state index in [1.165, 1.54) is 18.2 Å². The Hall–Kier alpha value is -1.46. The third-order valence-corrected chi connectivity index (χ3v) is 6.50. The van der Waals surface area contributed by atoms with Gasteiger partial charge in [-0.2, -0.15) is 0 Å². The molecule has 8 nitrogen and oxygen atoms in total. The summed E-state index contributed by atoms with van der Waals surface area (Å²) in [6.45, 7) is 1.65. The number of rotatable bonds is 6. The molecular formula is C18H20Cl3N3O5S. The molecule has 30 heavy (non-hydrogen) atoms. The largest absolute Gasteiger partial charge is 0.477 e. The number of sulfonamides is 1. The zero-order valence-electron chi connectivity index (χ0n) is 15.5. The Labute approximate surface area is 190 Å². The number of hydrogen-bond donors (Lipinski definition) is 3. The number of hydrogen-bond acceptors (Lipinski definition) is 6. The first kappa shape index (κ1) is 24.8. The molecule has 1 aromatic carbocycles. The van der Waals surface area contributed by atoms with E-state index in [4.69, 9.17) is 33.0 Å². The van der Waals surface area contributed by atoms with Crippen LogP contribution in [0.4, 0.5) is 0 Å². The molecule has 3 rings (SSSR count). The van der Waals surface area contributed by atoms with Crippen molar-refractivity contribution in [1.82, 2.24) is 15.0 Å². The van der Waals surface area contributed by atoms with Crippen LogP contribution < -0.4 is 10.0 Å². The zero-order valence-corrected chi connectivity index (χ0v) is 18.7. The van der Waals surface area contributed by atoms with Gasteiger partial charge >= 0.3 is 5.97 Å². The van der Waals surface area contributed by atoms with E-state index in [1.807, 2.05) is 0 Å². The van der Waals surface area contributed by atoms with Gasteiger partial charge < -0.3 is 15.2 Å². The summed E-state index contributed by atoms with van der Waals surface area (Å²) >= 11 is 12.1. The summed E-state index contributed by atoms with van der Waals surface area (Å²) in [5.41, 5.74) is 0.444. The average Bonchev–Trinajstić information content (AvgIpc) is 2.94. The maximum atomic E-state index is 12.6. The van der Waals surface area contributed by atoms with Gasteiger partial charge in [-0.15, -0.1) is 12.4 Å². The first-order valence-corrected chi connectivity index (χ1v) is 11.0. The van der Waals surface area contributed by atoms with Crippen molar-refractivity contribution in [1.29, 1.82) is 0 Å². The highest BCUT2D eigenvalue weighted by atomic mass is 35.5. The highest BCUT2D eigenvalue weighted by molar-refractivity contribution is 7.89. The normalized spacial score (nSPS) is 19.5. The predicted molar refractivity (Wildman–Crippen MR) is 115 cm³/mol. The number of pyridine rings is 1. The third kappa shape index (κ3) is 6.04. The van der Waals surface area contributed by atoms with E-state index in [1.54, 1.807) is 18.2 Å². The van der Waals surface area contributed by atoms with Gasteiger partial charge in [-0.3, -0.25) is 0 Å². The number of aromatic nitrogens is 1. The highest BCUT2D eigenvalue weighted by Crippen LogP contribution is 2.32. The molecule has 164 valence electrons. The Morgan fingerprint density at radius 2 is 2.03 bits per heavy atom. The molecule has 1 saturated heterocycles. The summed E-state index contributed by atoms with van der Waals surface area (Å²) in [7, 11) is -4.00. The van der Waals surface area contributed by atoms with Crippen LogP contribution in [0.5, 0.6) is 0 Å². The predicted octanol–water partition coefficient (Wildman–Crippen LogP) is 2.76. The van der Waals surface area contributed by atoms with Gasteiger partial charge in [-0.05, 0) is 29.8 Å². The molecule has 1 fully saturated rings. The van der Waals surface area contributed by atoms with Gasteiger partial charge in [0, 0.05) is 25.6 Å². The lowest BCUT2D eigenvalue weighted by atomic mass is 9.95. The van der Waals surface area contributed by atoms with Crippen LogP contribution in [-0.4, -0.2) is 50.7 Å². The monoisotopic (exact) mass is 495 g/mol. The molecule has 12 heteroatoms. The van der Waals surface area contributed by atoms with Crippen molar-refractivity contribution in [2.24, 2.45) is 5.92 Å². The van der Waals surface area contributed by atoms with Crippen LogP contribution >= 0.6 is 35.6 Å². The Morgan fingerprint density at radius 3 is 2.73 bits per heavy atom. The number of carboxylic acids is 1. The van der Waals surface area contributed by atoms with Crippen molar-refractivity contribution in [2.75, 3.05) is 26.2 Å². The number of halogens is 3. The smallest absolute Gasteiger partial charge is 0.354 e. The quantitative estimate of drug-likeness (QED) is 0.563. The lowest BCUT2D eigenvalue weighted by Crippen LogP contribution is -2.36. The van der Waals surface area contributed by atoms with E-state index in [0.29, 0.717) is 29.7 Å². The minimum atomic E-state index is -4.00. The summed E-state index contributed by atoms with van der Waals surface area (Å²) < 4.78 is 33.7. The van der Waals surface area contributed by atoms with Crippen molar-refractivity contribution >= 4 is 51.6 Å². The second-order valence-corrected chi connectivity index (χ2v) is 8.98. The molecule has 1 aliphatic rings. The number of nitrogens with zero attached hydrogens (tertiary/aromatic N) is 1. The van der Waals surface area contributed by atoms with Crippen molar-refractivity contribution in [3.63, 3.8) is 0 Å². The second kappa shape index (κ2) is 10.7. The van der Waals surface area contributed by atoms with Gasteiger partial charge in [0.25, 0.3) is 10.0 Å². The van der Waals surface area contributed by atoms with Crippen LogP contribution in [0.3, 0.4) is 0 Å². The number of ether oxygens (including phenoxy) is 1. The number of aromatic carboxylic acids is 1. The molecule has 0 spiro atoms. The standard InChI is InChI=1S/C18H19Cl2N3O5S.ClH/c19-13-5-4-11(8-14(13)20)17-12(9-21-6-7-28-17)10-22-29(26,27)16-3-1-2-15(23-16)18(24)25;/h1-5,8,12,17,21-22H,6-7,9-10H2,(H,24,25);1H/t12-,17-;/m0./s1. The number of benzene rings is 1. The Morgan fingerprint density at radius 1 is 1.27 bits per heavy atom.